The third-order valence-electron chi connectivity index (χ3n) is 3.41. The molecular formula is C17H12ClN3O3S. The predicted octanol–water partition coefficient (Wildman–Crippen LogP) is 4.55. The van der Waals surface area contributed by atoms with Crippen LogP contribution < -0.4 is 5.32 Å². The average molecular weight is 374 g/mol. The van der Waals surface area contributed by atoms with Crippen molar-refractivity contribution in [3.05, 3.63) is 74.6 Å². The Hall–Kier alpha value is -2.77. The zero-order chi connectivity index (χ0) is 17.8. The molecular weight excluding hydrogens is 362 g/mol. The highest BCUT2D eigenvalue weighted by Gasteiger charge is 2.12. The summed E-state index contributed by atoms with van der Waals surface area (Å²) >= 11 is 7.30. The van der Waals surface area contributed by atoms with E-state index in [-0.39, 0.29) is 18.0 Å². The molecule has 0 unspecified atom stereocenters. The van der Waals surface area contributed by atoms with E-state index in [1.807, 2.05) is 6.07 Å². The molecule has 0 saturated heterocycles. The summed E-state index contributed by atoms with van der Waals surface area (Å²) in [5.74, 6) is -0.229. The van der Waals surface area contributed by atoms with E-state index >= 15 is 0 Å². The summed E-state index contributed by atoms with van der Waals surface area (Å²) in [6.07, 6.45) is 0.144. The first-order chi connectivity index (χ1) is 12.0. The lowest BCUT2D eigenvalue weighted by molar-refractivity contribution is -0.384. The molecule has 0 aliphatic carbocycles. The van der Waals surface area contributed by atoms with Gasteiger partial charge in [-0.1, -0.05) is 41.9 Å². The van der Waals surface area contributed by atoms with Crippen molar-refractivity contribution < 1.29 is 9.72 Å². The second-order valence-corrected chi connectivity index (χ2v) is 6.43. The fourth-order valence-electron chi connectivity index (χ4n) is 2.22. The molecule has 0 radical (unpaired) electrons. The van der Waals surface area contributed by atoms with Crippen molar-refractivity contribution in [3.63, 3.8) is 0 Å². The number of nitrogens with zero attached hydrogens (tertiary/aromatic N) is 2. The Kier molecular flexibility index (Phi) is 5.06. The monoisotopic (exact) mass is 373 g/mol. The Balaban J connectivity index is 1.71. The number of amides is 1. The Morgan fingerprint density at radius 2 is 2.04 bits per heavy atom. The molecule has 1 heterocycles. The van der Waals surface area contributed by atoms with Gasteiger partial charge in [-0.05, 0) is 11.6 Å². The lowest BCUT2D eigenvalue weighted by Crippen LogP contribution is -2.14. The summed E-state index contributed by atoms with van der Waals surface area (Å²) in [4.78, 5) is 26.8. The van der Waals surface area contributed by atoms with Crippen molar-refractivity contribution in [2.75, 3.05) is 5.32 Å². The molecule has 3 rings (SSSR count). The van der Waals surface area contributed by atoms with E-state index in [0.717, 1.165) is 5.56 Å². The van der Waals surface area contributed by atoms with Gasteiger partial charge in [-0.2, -0.15) is 0 Å². The number of nitro groups is 1. The first kappa shape index (κ1) is 17.1. The van der Waals surface area contributed by atoms with Crippen LogP contribution >= 0.6 is 22.9 Å². The van der Waals surface area contributed by atoms with Crippen LogP contribution in [-0.4, -0.2) is 15.8 Å². The molecule has 25 heavy (non-hydrogen) atoms. The standard InChI is InChI=1S/C17H12ClN3O3S/c18-14-7-2-1-4-11(14)9-16(22)20-17-19-15(10-25-17)12-5-3-6-13(8-12)21(23)24/h1-8,10H,9H2,(H,19,20,22). The first-order valence-corrected chi connectivity index (χ1v) is 8.52. The van der Waals surface area contributed by atoms with Crippen molar-refractivity contribution in [1.82, 2.24) is 4.98 Å². The highest BCUT2D eigenvalue weighted by Crippen LogP contribution is 2.27. The number of non-ortho nitro benzene ring substituents is 1. The van der Waals surface area contributed by atoms with Crippen molar-refractivity contribution in [2.24, 2.45) is 0 Å². The molecule has 1 amide bonds. The molecule has 0 aliphatic heterocycles. The maximum Gasteiger partial charge on any atom is 0.270 e. The molecule has 0 atom stereocenters. The average Bonchev–Trinajstić information content (AvgIpc) is 3.05. The number of carbonyl (C=O) groups is 1. The van der Waals surface area contributed by atoms with Crippen LogP contribution in [0.1, 0.15) is 5.56 Å². The van der Waals surface area contributed by atoms with Gasteiger partial charge in [0.2, 0.25) is 5.91 Å². The summed E-state index contributed by atoms with van der Waals surface area (Å²) in [7, 11) is 0. The van der Waals surface area contributed by atoms with E-state index in [0.29, 0.717) is 21.4 Å². The van der Waals surface area contributed by atoms with Gasteiger partial charge in [0.15, 0.2) is 5.13 Å². The number of nitrogens with one attached hydrogen (secondary N) is 1. The molecule has 126 valence electrons. The lowest BCUT2D eigenvalue weighted by Gasteiger charge is -2.04. The minimum absolute atomic E-state index is 0.00481. The quantitative estimate of drug-likeness (QED) is 0.525. The zero-order valence-electron chi connectivity index (χ0n) is 12.8. The molecule has 1 aromatic heterocycles. The summed E-state index contributed by atoms with van der Waals surface area (Å²) < 4.78 is 0. The first-order valence-electron chi connectivity index (χ1n) is 7.26. The van der Waals surface area contributed by atoms with Crippen LogP contribution in [0.15, 0.2) is 53.9 Å². The highest BCUT2D eigenvalue weighted by molar-refractivity contribution is 7.14. The number of rotatable bonds is 5. The third kappa shape index (κ3) is 4.20. The van der Waals surface area contributed by atoms with Gasteiger partial charge in [0.25, 0.3) is 5.69 Å². The number of benzene rings is 2. The molecule has 3 aromatic rings. The van der Waals surface area contributed by atoms with Crippen LogP contribution in [0.5, 0.6) is 0 Å². The number of anilines is 1. The maximum atomic E-state index is 12.1. The van der Waals surface area contributed by atoms with E-state index < -0.39 is 4.92 Å². The highest BCUT2D eigenvalue weighted by atomic mass is 35.5. The number of nitro benzene ring substituents is 1. The number of halogens is 1. The van der Waals surface area contributed by atoms with Crippen LogP contribution in [0.3, 0.4) is 0 Å². The second kappa shape index (κ2) is 7.42. The number of carbonyl (C=O) groups excluding carboxylic acids is 1. The minimum Gasteiger partial charge on any atom is -0.302 e. The predicted molar refractivity (Wildman–Crippen MR) is 98.0 cm³/mol. The topological polar surface area (TPSA) is 85.1 Å². The third-order valence-corrected chi connectivity index (χ3v) is 4.54. The second-order valence-electron chi connectivity index (χ2n) is 5.16. The summed E-state index contributed by atoms with van der Waals surface area (Å²) in [5.41, 5.74) is 1.92. The van der Waals surface area contributed by atoms with Gasteiger partial charge in [-0.25, -0.2) is 4.98 Å². The van der Waals surface area contributed by atoms with Crippen molar-refractivity contribution in [3.8, 4) is 11.3 Å². The summed E-state index contributed by atoms with van der Waals surface area (Å²) in [5, 5.41) is 16.3. The molecule has 8 heteroatoms. The largest absolute Gasteiger partial charge is 0.302 e. The van der Waals surface area contributed by atoms with E-state index in [1.54, 1.807) is 35.7 Å². The van der Waals surface area contributed by atoms with Gasteiger partial charge in [0.05, 0.1) is 17.0 Å². The molecule has 0 fully saturated rings. The van der Waals surface area contributed by atoms with Gasteiger partial charge >= 0.3 is 0 Å². The molecule has 0 spiro atoms. The minimum atomic E-state index is -0.456. The van der Waals surface area contributed by atoms with Gasteiger partial charge < -0.3 is 5.32 Å². The van der Waals surface area contributed by atoms with Crippen LogP contribution in [0.4, 0.5) is 10.8 Å². The smallest absolute Gasteiger partial charge is 0.270 e. The van der Waals surface area contributed by atoms with E-state index in [1.165, 1.54) is 23.5 Å². The molecule has 0 bridgehead atoms. The van der Waals surface area contributed by atoms with Crippen LogP contribution in [0.25, 0.3) is 11.3 Å². The summed E-state index contributed by atoms with van der Waals surface area (Å²) in [6.45, 7) is 0. The van der Waals surface area contributed by atoms with E-state index in [2.05, 4.69) is 10.3 Å². The number of hydrogen-bond donors (Lipinski definition) is 1. The Labute approximate surface area is 152 Å². The molecule has 6 nitrogen and oxygen atoms in total. The number of aromatic nitrogens is 1. The van der Waals surface area contributed by atoms with Crippen LogP contribution in [-0.2, 0) is 11.2 Å². The number of thiazole rings is 1. The van der Waals surface area contributed by atoms with Crippen molar-refractivity contribution >= 4 is 39.7 Å². The molecule has 1 N–H and O–H groups in total. The normalized spacial score (nSPS) is 10.4. The fourth-order valence-corrected chi connectivity index (χ4v) is 3.16. The number of hydrogen-bond acceptors (Lipinski definition) is 5. The summed E-state index contributed by atoms with van der Waals surface area (Å²) in [6, 6.07) is 13.3. The van der Waals surface area contributed by atoms with Gasteiger partial charge in [0, 0.05) is 28.1 Å². The van der Waals surface area contributed by atoms with Crippen molar-refractivity contribution in [2.45, 2.75) is 6.42 Å². The zero-order valence-corrected chi connectivity index (χ0v) is 14.4. The lowest BCUT2D eigenvalue weighted by atomic mass is 10.1. The molecule has 0 aliphatic rings. The maximum absolute atomic E-state index is 12.1. The Morgan fingerprint density at radius 3 is 2.80 bits per heavy atom. The molecule has 2 aromatic carbocycles. The van der Waals surface area contributed by atoms with Crippen LogP contribution in [0, 0.1) is 10.1 Å². The molecule has 0 saturated carbocycles. The van der Waals surface area contributed by atoms with E-state index in [4.69, 9.17) is 11.6 Å². The Bertz CT molecular complexity index is 942. The SMILES string of the molecule is O=C(Cc1ccccc1Cl)Nc1nc(-c2cccc([N+](=O)[O-])c2)cs1. The van der Waals surface area contributed by atoms with Crippen LogP contribution in [0.2, 0.25) is 5.02 Å². The fraction of sp³-hybridized carbons (Fsp3) is 0.0588. The van der Waals surface area contributed by atoms with Crippen molar-refractivity contribution in [1.29, 1.82) is 0 Å². The van der Waals surface area contributed by atoms with Gasteiger partial charge in [0.1, 0.15) is 0 Å². The van der Waals surface area contributed by atoms with E-state index in [9.17, 15) is 14.9 Å². The van der Waals surface area contributed by atoms with Gasteiger partial charge in [-0.3, -0.25) is 14.9 Å². The Morgan fingerprint density at radius 1 is 1.24 bits per heavy atom. The van der Waals surface area contributed by atoms with Gasteiger partial charge in [-0.15, -0.1) is 11.3 Å².